The van der Waals surface area contributed by atoms with Gasteiger partial charge >= 0.3 is 0 Å². The van der Waals surface area contributed by atoms with Gasteiger partial charge in [0.25, 0.3) is 0 Å². The van der Waals surface area contributed by atoms with Crippen LogP contribution >= 0.6 is 0 Å². The second kappa shape index (κ2) is 5.21. The molecule has 0 saturated heterocycles. The van der Waals surface area contributed by atoms with Crippen molar-refractivity contribution in [3.63, 3.8) is 0 Å². The van der Waals surface area contributed by atoms with Crippen molar-refractivity contribution < 1.29 is 8.78 Å². The predicted molar refractivity (Wildman–Crippen MR) is 75.0 cm³/mol. The number of halogens is 2. The second-order valence-corrected chi connectivity index (χ2v) is 4.42. The Morgan fingerprint density at radius 1 is 0.750 bits per heavy atom. The lowest BCUT2D eigenvalue weighted by Crippen LogP contribution is -1.88. The first-order chi connectivity index (χ1) is 9.74. The Kier molecular flexibility index (Phi) is 3.25. The first kappa shape index (κ1) is 12.5. The van der Waals surface area contributed by atoms with Crippen molar-refractivity contribution in [2.45, 2.75) is 0 Å². The van der Waals surface area contributed by atoms with Crippen LogP contribution in [0.25, 0.3) is 22.4 Å². The quantitative estimate of drug-likeness (QED) is 0.656. The third kappa shape index (κ3) is 2.43. The summed E-state index contributed by atoms with van der Waals surface area (Å²) >= 11 is 0. The van der Waals surface area contributed by atoms with Crippen LogP contribution in [0.2, 0.25) is 0 Å². The zero-order chi connectivity index (χ0) is 13.9. The number of aromatic nitrogens is 1. The van der Waals surface area contributed by atoms with E-state index in [4.69, 9.17) is 0 Å². The molecule has 0 fully saturated rings. The Morgan fingerprint density at radius 2 is 1.60 bits per heavy atom. The van der Waals surface area contributed by atoms with E-state index in [1.54, 1.807) is 12.3 Å². The molecule has 1 aromatic heterocycles. The van der Waals surface area contributed by atoms with Crippen LogP contribution in [0.4, 0.5) is 8.78 Å². The van der Waals surface area contributed by atoms with Crippen molar-refractivity contribution in [3.8, 4) is 22.4 Å². The van der Waals surface area contributed by atoms with Crippen molar-refractivity contribution in [3.05, 3.63) is 78.5 Å². The van der Waals surface area contributed by atoms with Crippen LogP contribution in [-0.4, -0.2) is 4.98 Å². The van der Waals surface area contributed by atoms with E-state index in [0.29, 0.717) is 11.1 Å². The maximum Gasteiger partial charge on any atom is 0.133 e. The highest BCUT2D eigenvalue weighted by atomic mass is 19.1. The number of rotatable bonds is 2. The summed E-state index contributed by atoms with van der Waals surface area (Å²) in [5.74, 6) is -1.14. The van der Waals surface area contributed by atoms with Gasteiger partial charge in [-0.3, -0.25) is 4.98 Å². The van der Waals surface area contributed by atoms with Crippen molar-refractivity contribution >= 4 is 0 Å². The number of hydrogen-bond acceptors (Lipinski definition) is 1. The molecule has 20 heavy (non-hydrogen) atoms. The SMILES string of the molecule is Fc1ccc(-c2cccc(-c3ccccn3)c2)c(F)c1. The molecule has 3 aromatic rings. The normalized spacial score (nSPS) is 10.5. The standard InChI is InChI=1S/C17H11F2N/c18-14-7-8-15(16(19)11-14)12-4-3-5-13(10-12)17-6-1-2-9-20-17/h1-11H. The predicted octanol–water partition coefficient (Wildman–Crippen LogP) is 4.69. The Bertz CT molecular complexity index is 739. The monoisotopic (exact) mass is 267 g/mol. The van der Waals surface area contributed by atoms with Crippen LogP contribution in [-0.2, 0) is 0 Å². The van der Waals surface area contributed by atoms with Crippen LogP contribution in [0.5, 0.6) is 0 Å². The lowest BCUT2D eigenvalue weighted by molar-refractivity contribution is 0.585. The molecule has 0 unspecified atom stereocenters. The van der Waals surface area contributed by atoms with Gasteiger partial charge in [0.2, 0.25) is 0 Å². The molecular weight excluding hydrogens is 256 g/mol. The summed E-state index contributed by atoms with van der Waals surface area (Å²) in [5, 5.41) is 0. The van der Waals surface area contributed by atoms with Gasteiger partial charge in [-0.2, -0.15) is 0 Å². The molecule has 3 heteroatoms. The highest BCUT2D eigenvalue weighted by Crippen LogP contribution is 2.27. The summed E-state index contributed by atoms with van der Waals surface area (Å²) in [6.07, 6.45) is 1.71. The van der Waals surface area contributed by atoms with E-state index in [0.717, 1.165) is 17.3 Å². The van der Waals surface area contributed by atoms with E-state index >= 15 is 0 Å². The molecule has 0 bridgehead atoms. The number of benzene rings is 2. The van der Waals surface area contributed by atoms with Crippen molar-refractivity contribution in [2.24, 2.45) is 0 Å². The molecule has 3 rings (SSSR count). The van der Waals surface area contributed by atoms with E-state index in [2.05, 4.69) is 4.98 Å². The zero-order valence-electron chi connectivity index (χ0n) is 10.6. The summed E-state index contributed by atoms with van der Waals surface area (Å²) in [6.45, 7) is 0. The maximum atomic E-state index is 13.8. The number of hydrogen-bond donors (Lipinski definition) is 0. The Labute approximate surface area is 115 Å². The van der Waals surface area contributed by atoms with Gasteiger partial charge in [0.15, 0.2) is 0 Å². The topological polar surface area (TPSA) is 12.9 Å². The molecule has 0 aliphatic rings. The summed E-state index contributed by atoms with van der Waals surface area (Å²) < 4.78 is 26.8. The molecule has 0 radical (unpaired) electrons. The van der Waals surface area contributed by atoms with Gasteiger partial charge in [-0.15, -0.1) is 0 Å². The van der Waals surface area contributed by atoms with Crippen LogP contribution < -0.4 is 0 Å². The number of pyridine rings is 1. The molecule has 0 aliphatic heterocycles. The van der Waals surface area contributed by atoms with Crippen molar-refractivity contribution in [1.29, 1.82) is 0 Å². The van der Waals surface area contributed by atoms with Crippen molar-refractivity contribution in [2.75, 3.05) is 0 Å². The van der Waals surface area contributed by atoms with Gasteiger partial charge in [0.1, 0.15) is 11.6 Å². The lowest BCUT2D eigenvalue weighted by atomic mass is 10.0. The summed E-state index contributed by atoms with van der Waals surface area (Å²) in [6, 6.07) is 16.6. The molecule has 1 nitrogen and oxygen atoms in total. The van der Waals surface area contributed by atoms with Gasteiger partial charge in [0, 0.05) is 23.4 Å². The zero-order valence-corrected chi connectivity index (χ0v) is 10.6. The molecule has 0 N–H and O–H groups in total. The lowest BCUT2D eigenvalue weighted by Gasteiger charge is -2.06. The fourth-order valence-corrected chi connectivity index (χ4v) is 2.10. The molecular formula is C17H11F2N. The third-order valence-electron chi connectivity index (χ3n) is 3.07. The fourth-order valence-electron chi connectivity index (χ4n) is 2.10. The van der Waals surface area contributed by atoms with Crippen molar-refractivity contribution in [1.82, 2.24) is 4.98 Å². The highest BCUT2D eigenvalue weighted by molar-refractivity contribution is 5.71. The molecule has 0 aliphatic carbocycles. The Morgan fingerprint density at radius 3 is 2.35 bits per heavy atom. The average Bonchev–Trinajstić information content (AvgIpc) is 2.48. The van der Waals surface area contributed by atoms with E-state index < -0.39 is 11.6 Å². The van der Waals surface area contributed by atoms with E-state index in [-0.39, 0.29) is 0 Å². The van der Waals surface area contributed by atoms with Crippen LogP contribution in [0.15, 0.2) is 66.9 Å². The molecule has 1 heterocycles. The first-order valence-electron chi connectivity index (χ1n) is 6.21. The molecule has 98 valence electrons. The minimum Gasteiger partial charge on any atom is -0.256 e. The summed E-state index contributed by atoms with van der Waals surface area (Å²) in [5.41, 5.74) is 2.79. The maximum absolute atomic E-state index is 13.8. The van der Waals surface area contributed by atoms with Crippen LogP contribution in [0.1, 0.15) is 0 Å². The summed E-state index contributed by atoms with van der Waals surface area (Å²) in [7, 11) is 0. The van der Waals surface area contributed by atoms with Gasteiger partial charge in [0.05, 0.1) is 5.69 Å². The second-order valence-electron chi connectivity index (χ2n) is 4.42. The molecule has 0 saturated carbocycles. The molecule has 2 aromatic carbocycles. The average molecular weight is 267 g/mol. The minimum absolute atomic E-state index is 0.379. The van der Waals surface area contributed by atoms with Crippen LogP contribution in [0.3, 0.4) is 0 Å². The summed E-state index contributed by atoms with van der Waals surface area (Å²) in [4.78, 5) is 4.27. The minimum atomic E-state index is -0.577. The highest BCUT2D eigenvalue weighted by Gasteiger charge is 2.07. The van der Waals surface area contributed by atoms with E-state index in [1.165, 1.54) is 12.1 Å². The molecule has 0 amide bonds. The fraction of sp³-hybridized carbons (Fsp3) is 0. The molecule has 0 spiro atoms. The number of nitrogens with zero attached hydrogens (tertiary/aromatic N) is 1. The first-order valence-corrected chi connectivity index (χ1v) is 6.21. The molecule has 0 atom stereocenters. The van der Waals surface area contributed by atoms with Gasteiger partial charge < -0.3 is 0 Å². The largest absolute Gasteiger partial charge is 0.256 e. The van der Waals surface area contributed by atoms with E-state index in [9.17, 15) is 8.78 Å². The Balaban J connectivity index is 2.08. The van der Waals surface area contributed by atoms with Gasteiger partial charge in [-0.25, -0.2) is 8.78 Å². The van der Waals surface area contributed by atoms with Gasteiger partial charge in [-0.1, -0.05) is 24.3 Å². The Hall–Kier alpha value is -2.55. The van der Waals surface area contributed by atoms with E-state index in [1.807, 2.05) is 36.4 Å². The third-order valence-corrected chi connectivity index (χ3v) is 3.07. The smallest absolute Gasteiger partial charge is 0.133 e. The van der Waals surface area contributed by atoms with Gasteiger partial charge in [-0.05, 0) is 35.9 Å². The van der Waals surface area contributed by atoms with Crippen LogP contribution in [0, 0.1) is 11.6 Å².